The smallest absolute Gasteiger partial charge is 0.307 e. The Balaban J connectivity index is 2.25. The van der Waals surface area contributed by atoms with E-state index in [1.807, 2.05) is 30.3 Å². The number of nitrogens with one attached hydrogen (secondary N) is 1. The predicted molar refractivity (Wildman–Crippen MR) is 85.4 cm³/mol. The van der Waals surface area contributed by atoms with Crippen molar-refractivity contribution in [3.63, 3.8) is 0 Å². The van der Waals surface area contributed by atoms with E-state index in [-0.39, 0.29) is 12.0 Å². The Morgan fingerprint density at radius 2 is 1.76 bits per heavy atom. The van der Waals surface area contributed by atoms with Gasteiger partial charge in [0, 0.05) is 5.69 Å². The summed E-state index contributed by atoms with van der Waals surface area (Å²) in [5.74, 6) is -0.220. The number of benzene rings is 2. The van der Waals surface area contributed by atoms with E-state index in [4.69, 9.17) is 4.74 Å². The van der Waals surface area contributed by atoms with Crippen LogP contribution < -0.4 is 5.32 Å². The lowest BCUT2D eigenvalue weighted by molar-refractivity contribution is -0.140. The van der Waals surface area contributed by atoms with Crippen molar-refractivity contribution in [2.75, 3.05) is 12.4 Å². The van der Waals surface area contributed by atoms with Gasteiger partial charge in [0.05, 0.1) is 19.6 Å². The Kier molecular flexibility index (Phi) is 4.99. The number of hydrogen-bond acceptors (Lipinski definition) is 3. The fraction of sp³-hybridized carbons (Fsp3) is 0.278. The second-order valence-electron chi connectivity index (χ2n) is 5.20. The minimum absolute atomic E-state index is 0.0960. The SMILES string of the molecule is COC(=O)CC(Nc1ccc(C)cc1)c1ccccc1C. The number of rotatable bonds is 5. The van der Waals surface area contributed by atoms with E-state index in [0.29, 0.717) is 6.42 Å². The van der Waals surface area contributed by atoms with Crippen molar-refractivity contribution in [1.82, 2.24) is 0 Å². The zero-order valence-electron chi connectivity index (χ0n) is 12.7. The molecule has 0 spiro atoms. The molecule has 1 unspecified atom stereocenters. The van der Waals surface area contributed by atoms with Crippen molar-refractivity contribution < 1.29 is 9.53 Å². The third kappa shape index (κ3) is 4.09. The van der Waals surface area contributed by atoms with E-state index in [0.717, 1.165) is 16.8 Å². The van der Waals surface area contributed by atoms with Crippen LogP contribution in [-0.4, -0.2) is 13.1 Å². The normalized spacial score (nSPS) is 11.8. The summed E-state index contributed by atoms with van der Waals surface area (Å²) in [5, 5.41) is 3.43. The lowest BCUT2D eigenvalue weighted by Crippen LogP contribution is -2.17. The molecular weight excluding hydrogens is 262 g/mol. The molecule has 0 amide bonds. The summed E-state index contributed by atoms with van der Waals surface area (Å²) in [6.07, 6.45) is 0.301. The Hall–Kier alpha value is -2.29. The number of methoxy groups -OCH3 is 1. The monoisotopic (exact) mass is 283 g/mol. The molecule has 0 radical (unpaired) electrons. The molecule has 3 nitrogen and oxygen atoms in total. The molecule has 0 bridgehead atoms. The van der Waals surface area contributed by atoms with Gasteiger partial charge in [-0.15, -0.1) is 0 Å². The molecule has 2 aromatic rings. The molecule has 1 N–H and O–H groups in total. The minimum Gasteiger partial charge on any atom is -0.469 e. The van der Waals surface area contributed by atoms with Crippen LogP contribution in [0.15, 0.2) is 48.5 Å². The van der Waals surface area contributed by atoms with E-state index >= 15 is 0 Å². The first-order valence-electron chi connectivity index (χ1n) is 7.05. The van der Waals surface area contributed by atoms with Gasteiger partial charge in [-0.3, -0.25) is 4.79 Å². The van der Waals surface area contributed by atoms with Crippen molar-refractivity contribution in [2.24, 2.45) is 0 Å². The molecule has 3 heteroatoms. The Morgan fingerprint density at radius 3 is 2.38 bits per heavy atom. The van der Waals surface area contributed by atoms with Crippen LogP contribution in [0.2, 0.25) is 0 Å². The number of carbonyl (C=O) groups excluding carboxylic acids is 1. The molecular formula is C18H21NO2. The van der Waals surface area contributed by atoms with Gasteiger partial charge in [-0.25, -0.2) is 0 Å². The van der Waals surface area contributed by atoms with Crippen LogP contribution >= 0.6 is 0 Å². The summed E-state index contributed by atoms with van der Waals surface area (Å²) >= 11 is 0. The summed E-state index contributed by atoms with van der Waals surface area (Å²) in [5.41, 5.74) is 4.48. The molecule has 0 saturated heterocycles. The maximum Gasteiger partial charge on any atom is 0.307 e. The molecule has 21 heavy (non-hydrogen) atoms. The molecule has 0 aromatic heterocycles. The van der Waals surface area contributed by atoms with Gasteiger partial charge in [0.2, 0.25) is 0 Å². The van der Waals surface area contributed by atoms with E-state index in [1.165, 1.54) is 12.7 Å². The molecule has 0 heterocycles. The average Bonchev–Trinajstić information content (AvgIpc) is 2.49. The van der Waals surface area contributed by atoms with Crippen LogP contribution in [0.1, 0.15) is 29.2 Å². The first kappa shape index (κ1) is 15.1. The molecule has 0 saturated carbocycles. The molecule has 0 aliphatic carbocycles. The fourth-order valence-electron chi connectivity index (χ4n) is 2.32. The number of anilines is 1. The maximum absolute atomic E-state index is 11.7. The number of ether oxygens (including phenoxy) is 1. The van der Waals surface area contributed by atoms with E-state index in [2.05, 4.69) is 37.4 Å². The number of carbonyl (C=O) groups is 1. The van der Waals surface area contributed by atoms with Crippen LogP contribution in [0.3, 0.4) is 0 Å². The average molecular weight is 283 g/mol. The standard InChI is InChI=1S/C18H21NO2/c1-13-8-10-15(11-9-13)19-17(12-18(20)21-3)16-7-5-4-6-14(16)2/h4-11,17,19H,12H2,1-3H3. The minimum atomic E-state index is -0.220. The molecule has 0 aliphatic rings. The van der Waals surface area contributed by atoms with Gasteiger partial charge in [0.25, 0.3) is 0 Å². The molecule has 2 rings (SSSR count). The fourth-order valence-corrected chi connectivity index (χ4v) is 2.32. The van der Waals surface area contributed by atoms with Gasteiger partial charge in [0.15, 0.2) is 0 Å². The van der Waals surface area contributed by atoms with Crippen molar-refractivity contribution in [1.29, 1.82) is 0 Å². The number of hydrogen-bond donors (Lipinski definition) is 1. The Bertz CT molecular complexity index is 605. The summed E-state index contributed by atoms with van der Waals surface area (Å²) < 4.78 is 4.82. The topological polar surface area (TPSA) is 38.3 Å². The Morgan fingerprint density at radius 1 is 1.10 bits per heavy atom. The van der Waals surface area contributed by atoms with Gasteiger partial charge in [0.1, 0.15) is 0 Å². The third-order valence-corrected chi connectivity index (χ3v) is 3.55. The third-order valence-electron chi connectivity index (χ3n) is 3.55. The number of esters is 1. The van der Waals surface area contributed by atoms with E-state index < -0.39 is 0 Å². The lowest BCUT2D eigenvalue weighted by Gasteiger charge is -2.21. The van der Waals surface area contributed by atoms with Gasteiger partial charge in [-0.1, -0.05) is 42.0 Å². The first-order chi connectivity index (χ1) is 10.1. The summed E-state index contributed by atoms with van der Waals surface area (Å²) in [4.78, 5) is 11.7. The lowest BCUT2D eigenvalue weighted by atomic mass is 9.98. The van der Waals surface area contributed by atoms with Gasteiger partial charge in [-0.05, 0) is 37.1 Å². The van der Waals surface area contributed by atoms with Crippen LogP contribution in [-0.2, 0) is 9.53 Å². The molecule has 2 aromatic carbocycles. The van der Waals surface area contributed by atoms with E-state index in [1.54, 1.807) is 0 Å². The van der Waals surface area contributed by atoms with Crippen LogP contribution in [0.4, 0.5) is 5.69 Å². The van der Waals surface area contributed by atoms with Crippen LogP contribution in [0, 0.1) is 13.8 Å². The zero-order chi connectivity index (χ0) is 15.2. The first-order valence-corrected chi connectivity index (χ1v) is 7.05. The highest BCUT2D eigenvalue weighted by Gasteiger charge is 2.18. The van der Waals surface area contributed by atoms with Gasteiger partial charge in [-0.2, -0.15) is 0 Å². The maximum atomic E-state index is 11.7. The highest BCUT2D eigenvalue weighted by Crippen LogP contribution is 2.25. The highest BCUT2D eigenvalue weighted by molar-refractivity contribution is 5.71. The van der Waals surface area contributed by atoms with Crippen molar-refractivity contribution >= 4 is 11.7 Å². The summed E-state index contributed by atoms with van der Waals surface area (Å²) in [6.45, 7) is 4.10. The number of aryl methyl sites for hydroxylation is 2. The molecule has 110 valence electrons. The van der Waals surface area contributed by atoms with E-state index in [9.17, 15) is 4.79 Å². The van der Waals surface area contributed by atoms with Crippen LogP contribution in [0.25, 0.3) is 0 Å². The zero-order valence-corrected chi connectivity index (χ0v) is 12.7. The Labute approximate surface area is 126 Å². The molecule has 1 atom stereocenters. The summed E-state index contributed by atoms with van der Waals surface area (Å²) in [6, 6.07) is 16.1. The second kappa shape index (κ2) is 6.93. The highest BCUT2D eigenvalue weighted by atomic mass is 16.5. The molecule has 0 aliphatic heterocycles. The second-order valence-corrected chi connectivity index (χ2v) is 5.20. The predicted octanol–water partition coefficient (Wildman–Crippen LogP) is 4.02. The van der Waals surface area contributed by atoms with Gasteiger partial charge < -0.3 is 10.1 Å². The van der Waals surface area contributed by atoms with Crippen LogP contribution in [0.5, 0.6) is 0 Å². The largest absolute Gasteiger partial charge is 0.469 e. The van der Waals surface area contributed by atoms with Crippen molar-refractivity contribution in [3.8, 4) is 0 Å². The molecule has 0 fully saturated rings. The van der Waals surface area contributed by atoms with Crippen molar-refractivity contribution in [3.05, 3.63) is 65.2 Å². The van der Waals surface area contributed by atoms with Gasteiger partial charge >= 0.3 is 5.97 Å². The summed E-state index contributed by atoms with van der Waals surface area (Å²) in [7, 11) is 1.42. The van der Waals surface area contributed by atoms with Crippen molar-refractivity contribution in [2.45, 2.75) is 26.3 Å². The quantitative estimate of drug-likeness (QED) is 0.842.